The first kappa shape index (κ1) is 12.2. The number of nitrogens with one attached hydrogen (secondary N) is 1. The molecule has 1 N–H and O–H groups in total. The standard InChI is InChI=1S/C9H15BrN4O/c1-9(2,10)8(15)11-5-4-7-13-12-6-14(7)3/h6H,4-5H2,1-3H3,(H,11,15). The van der Waals surface area contributed by atoms with Crippen LogP contribution in [-0.2, 0) is 18.3 Å². The van der Waals surface area contributed by atoms with Gasteiger partial charge in [0.1, 0.15) is 12.2 Å². The molecular weight excluding hydrogens is 260 g/mol. The highest BCUT2D eigenvalue weighted by atomic mass is 79.9. The van der Waals surface area contributed by atoms with Gasteiger partial charge in [-0.1, -0.05) is 15.9 Å². The molecule has 15 heavy (non-hydrogen) atoms. The number of carbonyl (C=O) groups excluding carboxylic acids is 1. The molecule has 1 heterocycles. The lowest BCUT2D eigenvalue weighted by molar-refractivity contribution is -0.122. The molecule has 0 aliphatic carbocycles. The third-order valence-corrected chi connectivity index (χ3v) is 2.34. The summed E-state index contributed by atoms with van der Waals surface area (Å²) < 4.78 is 1.32. The molecule has 5 nitrogen and oxygen atoms in total. The van der Waals surface area contributed by atoms with Crippen LogP contribution in [0.4, 0.5) is 0 Å². The lowest BCUT2D eigenvalue weighted by Gasteiger charge is -2.15. The van der Waals surface area contributed by atoms with E-state index in [4.69, 9.17) is 0 Å². The Bertz CT molecular complexity index is 342. The van der Waals surface area contributed by atoms with E-state index in [1.165, 1.54) is 0 Å². The number of rotatable bonds is 4. The van der Waals surface area contributed by atoms with Gasteiger partial charge in [-0.25, -0.2) is 0 Å². The van der Waals surface area contributed by atoms with Crippen LogP contribution in [0.15, 0.2) is 6.33 Å². The molecule has 0 fully saturated rings. The smallest absolute Gasteiger partial charge is 0.236 e. The van der Waals surface area contributed by atoms with Crippen LogP contribution < -0.4 is 5.32 Å². The largest absolute Gasteiger partial charge is 0.354 e. The van der Waals surface area contributed by atoms with Gasteiger partial charge in [0, 0.05) is 20.0 Å². The van der Waals surface area contributed by atoms with Crippen molar-refractivity contribution in [2.24, 2.45) is 7.05 Å². The van der Waals surface area contributed by atoms with E-state index in [0.29, 0.717) is 13.0 Å². The Hall–Kier alpha value is -0.910. The van der Waals surface area contributed by atoms with Crippen molar-refractivity contribution in [1.82, 2.24) is 20.1 Å². The third kappa shape index (κ3) is 3.62. The van der Waals surface area contributed by atoms with Crippen LogP contribution in [0.2, 0.25) is 0 Å². The Balaban J connectivity index is 2.35. The van der Waals surface area contributed by atoms with Crippen molar-refractivity contribution >= 4 is 21.8 Å². The van der Waals surface area contributed by atoms with E-state index in [-0.39, 0.29) is 5.91 Å². The van der Waals surface area contributed by atoms with Gasteiger partial charge in [0.2, 0.25) is 5.91 Å². The van der Waals surface area contributed by atoms with Gasteiger partial charge in [0.05, 0.1) is 4.32 Å². The van der Waals surface area contributed by atoms with Gasteiger partial charge in [-0.05, 0) is 13.8 Å². The second-order valence-corrected chi connectivity index (χ2v) is 5.82. The molecule has 84 valence electrons. The second kappa shape index (κ2) is 4.74. The number of amides is 1. The number of aromatic nitrogens is 3. The summed E-state index contributed by atoms with van der Waals surface area (Å²) in [6.45, 7) is 4.19. The Morgan fingerprint density at radius 2 is 2.33 bits per heavy atom. The Labute approximate surface area is 97.4 Å². The fourth-order valence-corrected chi connectivity index (χ4v) is 1.17. The summed E-state index contributed by atoms with van der Waals surface area (Å²) in [5.41, 5.74) is 0. The van der Waals surface area contributed by atoms with Gasteiger partial charge >= 0.3 is 0 Å². The van der Waals surface area contributed by atoms with Gasteiger partial charge in [0.15, 0.2) is 0 Å². The maximum atomic E-state index is 11.5. The predicted molar refractivity (Wildman–Crippen MR) is 60.7 cm³/mol. The molecule has 0 spiro atoms. The summed E-state index contributed by atoms with van der Waals surface area (Å²) in [4.78, 5) is 11.5. The summed E-state index contributed by atoms with van der Waals surface area (Å²) in [5.74, 6) is 0.840. The van der Waals surface area contributed by atoms with Gasteiger partial charge in [-0.3, -0.25) is 4.79 Å². The zero-order valence-corrected chi connectivity index (χ0v) is 10.7. The number of carbonyl (C=O) groups is 1. The van der Waals surface area contributed by atoms with Crippen molar-refractivity contribution in [1.29, 1.82) is 0 Å². The number of halogens is 1. The van der Waals surface area contributed by atoms with Crippen LogP contribution in [0.5, 0.6) is 0 Å². The molecule has 0 bridgehead atoms. The topological polar surface area (TPSA) is 59.8 Å². The van der Waals surface area contributed by atoms with Crippen LogP contribution in [0.3, 0.4) is 0 Å². The van der Waals surface area contributed by atoms with Crippen LogP contribution in [-0.4, -0.2) is 31.5 Å². The molecule has 1 amide bonds. The van der Waals surface area contributed by atoms with E-state index in [0.717, 1.165) is 5.82 Å². The van der Waals surface area contributed by atoms with E-state index >= 15 is 0 Å². The van der Waals surface area contributed by atoms with E-state index in [1.807, 2.05) is 25.5 Å². The summed E-state index contributed by atoms with van der Waals surface area (Å²) >= 11 is 3.29. The van der Waals surface area contributed by atoms with Crippen LogP contribution in [0, 0.1) is 0 Å². The number of hydrogen-bond donors (Lipinski definition) is 1. The van der Waals surface area contributed by atoms with E-state index < -0.39 is 4.32 Å². The van der Waals surface area contributed by atoms with Crippen LogP contribution in [0.1, 0.15) is 19.7 Å². The first-order valence-corrected chi connectivity index (χ1v) is 5.50. The normalized spacial score (nSPS) is 11.5. The molecule has 0 atom stereocenters. The Morgan fingerprint density at radius 1 is 1.67 bits per heavy atom. The predicted octanol–water partition coefficient (Wildman–Crippen LogP) is 0.647. The highest BCUT2D eigenvalue weighted by molar-refractivity contribution is 9.10. The highest BCUT2D eigenvalue weighted by Crippen LogP contribution is 2.14. The molecule has 0 aliphatic rings. The average Bonchev–Trinajstić information content (AvgIpc) is 2.50. The zero-order chi connectivity index (χ0) is 11.5. The van der Waals surface area contributed by atoms with Crippen molar-refractivity contribution < 1.29 is 4.79 Å². The van der Waals surface area contributed by atoms with E-state index in [2.05, 4.69) is 31.4 Å². The van der Waals surface area contributed by atoms with Crippen molar-refractivity contribution in [2.45, 2.75) is 24.6 Å². The van der Waals surface area contributed by atoms with Crippen molar-refractivity contribution in [3.8, 4) is 0 Å². The van der Waals surface area contributed by atoms with Gasteiger partial charge in [-0.15, -0.1) is 10.2 Å². The van der Waals surface area contributed by atoms with Gasteiger partial charge in [-0.2, -0.15) is 0 Å². The summed E-state index contributed by atoms with van der Waals surface area (Å²) in [7, 11) is 1.88. The molecule has 0 unspecified atom stereocenters. The molecule has 1 rings (SSSR count). The maximum absolute atomic E-state index is 11.5. The molecule has 0 aromatic carbocycles. The van der Waals surface area contributed by atoms with Crippen molar-refractivity contribution in [3.63, 3.8) is 0 Å². The van der Waals surface area contributed by atoms with Crippen molar-refractivity contribution in [2.75, 3.05) is 6.54 Å². The molecule has 0 radical (unpaired) electrons. The number of hydrogen-bond acceptors (Lipinski definition) is 3. The molecule has 0 saturated heterocycles. The quantitative estimate of drug-likeness (QED) is 0.821. The van der Waals surface area contributed by atoms with E-state index in [9.17, 15) is 4.79 Å². The summed E-state index contributed by atoms with van der Waals surface area (Å²) in [5, 5.41) is 10.5. The molecule has 0 saturated carbocycles. The fraction of sp³-hybridized carbons (Fsp3) is 0.667. The van der Waals surface area contributed by atoms with E-state index in [1.54, 1.807) is 6.33 Å². The van der Waals surface area contributed by atoms with Gasteiger partial charge < -0.3 is 9.88 Å². The molecule has 6 heteroatoms. The highest BCUT2D eigenvalue weighted by Gasteiger charge is 2.22. The number of aryl methyl sites for hydroxylation is 1. The van der Waals surface area contributed by atoms with Gasteiger partial charge in [0.25, 0.3) is 0 Å². The molecule has 0 aliphatic heterocycles. The molecular formula is C9H15BrN4O. The number of alkyl halides is 1. The monoisotopic (exact) mass is 274 g/mol. The minimum atomic E-state index is -0.521. The third-order valence-electron chi connectivity index (χ3n) is 1.98. The Kier molecular flexibility index (Phi) is 3.84. The lowest BCUT2D eigenvalue weighted by Crippen LogP contribution is -2.38. The number of nitrogens with zero attached hydrogens (tertiary/aromatic N) is 3. The van der Waals surface area contributed by atoms with Crippen molar-refractivity contribution in [3.05, 3.63) is 12.2 Å². The van der Waals surface area contributed by atoms with Crippen LogP contribution >= 0.6 is 15.9 Å². The summed E-state index contributed by atoms with van der Waals surface area (Å²) in [6, 6.07) is 0. The fourth-order valence-electron chi connectivity index (χ4n) is 1.03. The maximum Gasteiger partial charge on any atom is 0.236 e. The van der Waals surface area contributed by atoms with Crippen LogP contribution in [0.25, 0.3) is 0 Å². The minimum Gasteiger partial charge on any atom is -0.354 e. The SMILES string of the molecule is Cn1cnnc1CCNC(=O)C(C)(C)Br. The summed E-state index contributed by atoms with van der Waals surface area (Å²) in [6.07, 6.45) is 2.33. The molecule has 1 aromatic rings. The minimum absolute atomic E-state index is 0.0235. The average molecular weight is 275 g/mol. The Morgan fingerprint density at radius 3 is 2.80 bits per heavy atom. The lowest BCUT2D eigenvalue weighted by atomic mass is 10.2. The second-order valence-electron chi connectivity index (χ2n) is 3.84. The molecule has 1 aromatic heterocycles. The zero-order valence-electron chi connectivity index (χ0n) is 9.12. The first-order valence-electron chi connectivity index (χ1n) is 4.71. The first-order chi connectivity index (χ1) is 6.91.